The molecule has 16 heavy (non-hydrogen) atoms. The number of nitrogens with one attached hydrogen (secondary N) is 2. The first-order chi connectivity index (χ1) is 7.92. The predicted molar refractivity (Wildman–Crippen MR) is 62.7 cm³/mol. The lowest BCUT2D eigenvalue weighted by Crippen LogP contribution is -2.05. The largest absolute Gasteiger partial charge is 0.360 e. The lowest BCUT2D eigenvalue weighted by atomic mass is 10.4. The van der Waals surface area contributed by atoms with Gasteiger partial charge in [0, 0.05) is 42.8 Å². The Morgan fingerprint density at radius 2 is 2.44 bits per heavy atom. The van der Waals surface area contributed by atoms with Crippen LogP contribution in [0.5, 0.6) is 0 Å². The number of hydrogen-bond acceptors (Lipinski definition) is 5. The fourth-order valence-corrected chi connectivity index (χ4v) is 2.21. The van der Waals surface area contributed by atoms with E-state index >= 15 is 0 Å². The Labute approximate surface area is 97.5 Å². The van der Waals surface area contributed by atoms with Gasteiger partial charge < -0.3 is 10.3 Å². The maximum atomic E-state index is 4.46. The summed E-state index contributed by atoms with van der Waals surface area (Å²) in [5.74, 6) is 2.65. The van der Waals surface area contributed by atoms with E-state index in [9.17, 15) is 0 Å². The lowest BCUT2D eigenvalue weighted by Gasteiger charge is -1.98. The predicted octanol–water partition coefficient (Wildman–Crippen LogP) is 1.79. The molecule has 3 rings (SSSR count). The Morgan fingerprint density at radius 3 is 3.19 bits per heavy atom. The van der Waals surface area contributed by atoms with Crippen LogP contribution in [0, 0.1) is 0 Å². The normalized spacial score (nSPS) is 15.2. The van der Waals surface area contributed by atoms with E-state index in [0.29, 0.717) is 5.92 Å². The van der Waals surface area contributed by atoms with Gasteiger partial charge in [-0.2, -0.15) is 4.37 Å². The molecule has 5 nitrogen and oxygen atoms in total. The minimum absolute atomic E-state index is 0.636. The number of hydrogen-bond donors (Lipinski definition) is 2. The van der Waals surface area contributed by atoms with Crippen molar-refractivity contribution in [2.45, 2.75) is 25.2 Å². The van der Waals surface area contributed by atoms with Gasteiger partial charge in [-0.25, -0.2) is 9.97 Å². The summed E-state index contributed by atoms with van der Waals surface area (Å²) in [6, 6.07) is 0. The van der Waals surface area contributed by atoms with E-state index in [1.165, 1.54) is 24.4 Å². The molecule has 0 aliphatic heterocycles. The maximum absolute atomic E-state index is 4.46. The molecule has 84 valence electrons. The molecule has 0 unspecified atom stereocenters. The van der Waals surface area contributed by atoms with Crippen molar-refractivity contribution in [1.82, 2.24) is 19.3 Å². The average molecular weight is 235 g/mol. The zero-order chi connectivity index (χ0) is 10.8. The van der Waals surface area contributed by atoms with Crippen LogP contribution in [0.3, 0.4) is 0 Å². The maximum Gasteiger partial charge on any atom is 0.202 e. The Morgan fingerprint density at radius 1 is 1.50 bits per heavy atom. The highest BCUT2D eigenvalue weighted by Gasteiger charge is 2.27. The van der Waals surface area contributed by atoms with E-state index in [1.807, 2.05) is 6.20 Å². The molecular formula is C10H13N5S. The quantitative estimate of drug-likeness (QED) is 0.829. The number of nitrogens with zero attached hydrogens (tertiary/aromatic N) is 3. The van der Waals surface area contributed by atoms with Crippen molar-refractivity contribution in [3.8, 4) is 0 Å². The van der Waals surface area contributed by atoms with Crippen molar-refractivity contribution in [3.63, 3.8) is 0 Å². The van der Waals surface area contributed by atoms with E-state index < -0.39 is 0 Å². The van der Waals surface area contributed by atoms with Crippen LogP contribution in [0.15, 0.2) is 12.4 Å². The Balaban J connectivity index is 1.50. The smallest absolute Gasteiger partial charge is 0.202 e. The van der Waals surface area contributed by atoms with E-state index in [1.54, 1.807) is 6.20 Å². The van der Waals surface area contributed by atoms with Crippen LogP contribution in [0.2, 0.25) is 0 Å². The highest BCUT2D eigenvalue weighted by atomic mass is 32.1. The number of aromatic nitrogens is 4. The molecule has 0 saturated heterocycles. The van der Waals surface area contributed by atoms with E-state index in [0.717, 1.165) is 29.7 Å². The molecule has 1 aliphatic carbocycles. The lowest BCUT2D eigenvalue weighted by molar-refractivity contribution is 0.919. The van der Waals surface area contributed by atoms with Crippen molar-refractivity contribution < 1.29 is 0 Å². The van der Waals surface area contributed by atoms with Gasteiger partial charge in [0.05, 0.1) is 0 Å². The highest BCUT2D eigenvalue weighted by Crippen LogP contribution is 2.39. The summed E-state index contributed by atoms with van der Waals surface area (Å²) in [5, 5.41) is 4.20. The van der Waals surface area contributed by atoms with Gasteiger partial charge in [0.15, 0.2) is 0 Å². The minimum atomic E-state index is 0.636. The van der Waals surface area contributed by atoms with Gasteiger partial charge in [0.2, 0.25) is 5.13 Å². The van der Waals surface area contributed by atoms with Crippen molar-refractivity contribution >= 4 is 16.7 Å². The summed E-state index contributed by atoms with van der Waals surface area (Å²) >= 11 is 1.45. The van der Waals surface area contributed by atoms with Gasteiger partial charge >= 0.3 is 0 Å². The third-order valence-electron chi connectivity index (χ3n) is 2.58. The summed E-state index contributed by atoms with van der Waals surface area (Å²) in [7, 11) is 0. The topological polar surface area (TPSA) is 66.5 Å². The first-order valence-electron chi connectivity index (χ1n) is 5.47. The third-order valence-corrected chi connectivity index (χ3v) is 3.26. The first kappa shape index (κ1) is 9.77. The van der Waals surface area contributed by atoms with Crippen LogP contribution in [0.1, 0.15) is 30.4 Å². The monoisotopic (exact) mass is 235 g/mol. The van der Waals surface area contributed by atoms with Crippen molar-refractivity contribution in [2.24, 2.45) is 0 Å². The zero-order valence-corrected chi connectivity index (χ0v) is 9.63. The fourth-order valence-electron chi connectivity index (χ4n) is 1.54. The zero-order valence-electron chi connectivity index (χ0n) is 8.81. The van der Waals surface area contributed by atoms with Crippen LogP contribution in [0.4, 0.5) is 5.13 Å². The molecule has 1 aliphatic rings. The Bertz CT molecular complexity index is 445. The molecule has 0 atom stereocenters. The molecule has 2 heterocycles. The van der Waals surface area contributed by atoms with Gasteiger partial charge in [-0.05, 0) is 12.8 Å². The number of imidazole rings is 1. The fraction of sp³-hybridized carbons (Fsp3) is 0.500. The van der Waals surface area contributed by atoms with Crippen LogP contribution in [-0.2, 0) is 6.42 Å². The van der Waals surface area contributed by atoms with E-state index in [4.69, 9.17) is 0 Å². The highest BCUT2D eigenvalue weighted by molar-refractivity contribution is 7.09. The number of rotatable bonds is 5. The molecule has 0 amide bonds. The second-order valence-corrected chi connectivity index (χ2v) is 4.70. The Kier molecular flexibility index (Phi) is 2.57. The van der Waals surface area contributed by atoms with Crippen LogP contribution >= 0.6 is 11.5 Å². The summed E-state index contributed by atoms with van der Waals surface area (Å²) < 4.78 is 4.34. The number of aromatic amines is 1. The average Bonchev–Trinajstić information content (AvgIpc) is 2.83. The molecular weight excluding hydrogens is 222 g/mol. The SMILES string of the molecule is c1c[nH]c(CCNc2nc(C3CC3)ns2)n1. The number of anilines is 1. The third kappa shape index (κ3) is 2.21. The molecule has 0 bridgehead atoms. The van der Waals surface area contributed by atoms with Crippen LogP contribution < -0.4 is 5.32 Å². The second-order valence-electron chi connectivity index (χ2n) is 3.94. The summed E-state index contributed by atoms with van der Waals surface area (Å²) in [5.41, 5.74) is 0. The van der Waals surface area contributed by atoms with E-state index in [2.05, 4.69) is 24.6 Å². The molecule has 1 fully saturated rings. The molecule has 1 saturated carbocycles. The first-order valence-corrected chi connectivity index (χ1v) is 6.25. The summed E-state index contributed by atoms with van der Waals surface area (Å²) in [4.78, 5) is 11.7. The summed E-state index contributed by atoms with van der Waals surface area (Å²) in [6.07, 6.45) is 6.99. The van der Waals surface area contributed by atoms with Crippen molar-refractivity contribution in [1.29, 1.82) is 0 Å². The number of H-pyrrole nitrogens is 1. The molecule has 0 aromatic carbocycles. The van der Waals surface area contributed by atoms with Crippen LogP contribution in [-0.4, -0.2) is 25.9 Å². The van der Waals surface area contributed by atoms with Gasteiger partial charge in [-0.15, -0.1) is 0 Å². The minimum Gasteiger partial charge on any atom is -0.360 e. The molecule has 2 aromatic heterocycles. The molecule has 2 N–H and O–H groups in total. The van der Waals surface area contributed by atoms with E-state index in [-0.39, 0.29) is 0 Å². The van der Waals surface area contributed by atoms with Crippen LogP contribution in [0.25, 0.3) is 0 Å². The molecule has 0 radical (unpaired) electrons. The second kappa shape index (κ2) is 4.21. The van der Waals surface area contributed by atoms with Gasteiger partial charge in [0.1, 0.15) is 11.6 Å². The van der Waals surface area contributed by atoms with Gasteiger partial charge in [-0.3, -0.25) is 0 Å². The summed E-state index contributed by atoms with van der Waals surface area (Å²) in [6.45, 7) is 0.840. The van der Waals surface area contributed by atoms with Gasteiger partial charge in [0.25, 0.3) is 0 Å². The standard InChI is InChI=1S/C10H13N5S/c1-2-7(1)9-14-10(16-15-9)13-4-3-8-11-5-6-12-8/h5-7H,1-4H2,(H,11,12)(H,13,14,15). The molecule has 6 heteroatoms. The Hall–Kier alpha value is -1.43. The van der Waals surface area contributed by atoms with Crippen molar-refractivity contribution in [2.75, 3.05) is 11.9 Å². The van der Waals surface area contributed by atoms with Gasteiger partial charge in [-0.1, -0.05) is 0 Å². The molecule has 2 aromatic rings. The molecule has 0 spiro atoms. The van der Waals surface area contributed by atoms with Crippen molar-refractivity contribution in [3.05, 3.63) is 24.0 Å².